The van der Waals surface area contributed by atoms with E-state index in [-0.39, 0.29) is 5.41 Å². The largest absolute Gasteiger partial charge is 0.370 e. The van der Waals surface area contributed by atoms with Crippen molar-refractivity contribution in [2.75, 3.05) is 31.1 Å². The van der Waals surface area contributed by atoms with E-state index in [1.54, 1.807) is 0 Å². The van der Waals surface area contributed by atoms with Gasteiger partial charge in [0.25, 0.3) is 0 Å². The van der Waals surface area contributed by atoms with E-state index >= 15 is 0 Å². The molecule has 1 aromatic rings. The molecule has 0 atom stereocenters. The maximum atomic E-state index is 3.49. The molecule has 1 N–H and O–H groups in total. The van der Waals surface area contributed by atoms with Crippen LogP contribution in [-0.4, -0.2) is 26.2 Å². The van der Waals surface area contributed by atoms with Gasteiger partial charge in [0.1, 0.15) is 0 Å². The molecule has 1 spiro atoms. The zero-order valence-electron chi connectivity index (χ0n) is 11.8. The Bertz CT molecular complexity index is 413. The van der Waals surface area contributed by atoms with E-state index in [9.17, 15) is 0 Å². The van der Waals surface area contributed by atoms with Crippen molar-refractivity contribution < 1.29 is 0 Å². The van der Waals surface area contributed by atoms with Crippen LogP contribution in [0.4, 0.5) is 5.69 Å². The minimum Gasteiger partial charge on any atom is -0.370 e. The van der Waals surface area contributed by atoms with E-state index in [0.29, 0.717) is 5.41 Å². The zero-order valence-corrected chi connectivity index (χ0v) is 11.8. The Labute approximate surface area is 110 Å². The molecule has 2 aliphatic rings. The predicted molar refractivity (Wildman–Crippen MR) is 77.3 cm³/mol. The molecular weight excluding hydrogens is 220 g/mol. The number of benzene rings is 1. The molecule has 0 bridgehead atoms. The van der Waals surface area contributed by atoms with Crippen LogP contribution in [0.15, 0.2) is 24.3 Å². The third-order valence-corrected chi connectivity index (χ3v) is 4.48. The summed E-state index contributed by atoms with van der Waals surface area (Å²) in [5.41, 5.74) is 3.65. The number of anilines is 1. The van der Waals surface area contributed by atoms with Gasteiger partial charge in [-0.3, -0.25) is 0 Å². The molecule has 3 rings (SSSR count). The molecule has 1 aromatic carbocycles. The highest BCUT2D eigenvalue weighted by Crippen LogP contribution is 2.39. The maximum Gasteiger partial charge on any atom is 0.0366 e. The highest BCUT2D eigenvalue weighted by atomic mass is 15.2. The van der Waals surface area contributed by atoms with Crippen LogP contribution in [-0.2, 0) is 5.41 Å². The van der Waals surface area contributed by atoms with Crippen LogP contribution < -0.4 is 10.2 Å². The van der Waals surface area contributed by atoms with Crippen molar-refractivity contribution in [1.29, 1.82) is 0 Å². The van der Waals surface area contributed by atoms with Crippen molar-refractivity contribution >= 4 is 5.69 Å². The average molecular weight is 244 g/mol. The van der Waals surface area contributed by atoms with E-state index < -0.39 is 0 Å². The molecular formula is C16H24N2. The lowest BCUT2D eigenvalue weighted by Crippen LogP contribution is -2.57. The Balaban J connectivity index is 1.68. The van der Waals surface area contributed by atoms with Crippen molar-refractivity contribution in [3.63, 3.8) is 0 Å². The van der Waals surface area contributed by atoms with Gasteiger partial charge in [0.15, 0.2) is 0 Å². The van der Waals surface area contributed by atoms with Gasteiger partial charge in [-0.25, -0.2) is 0 Å². The van der Waals surface area contributed by atoms with Gasteiger partial charge in [0, 0.05) is 30.7 Å². The van der Waals surface area contributed by atoms with Crippen molar-refractivity contribution in [2.45, 2.75) is 32.6 Å². The van der Waals surface area contributed by atoms with Gasteiger partial charge in [-0.15, -0.1) is 0 Å². The van der Waals surface area contributed by atoms with Crippen LogP contribution in [0.1, 0.15) is 32.8 Å². The topological polar surface area (TPSA) is 15.3 Å². The van der Waals surface area contributed by atoms with Crippen molar-refractivity contribution in [3.05, 3.63) is 29.8 Å². The number of hydrogen-bond donors (Lipinski definition) is 1. The molecule has 0 radical (unpaired) electrons. The lowest BCUT2D eigenvalue weighted by atomic mass is 9.78. The average Bonchev–Trinajstić information content (AvgIpc) is 2.75. The molecule has 98 valence electrons. The monoisotopic (exact) mass is 244 g/mol. The Morgan fingerprint density at radius 3 is 2.28 bits per heavy atom. The molecule has 2 heteroatoms. The molecule has 18 heavy (non-hydrogen) atoms. The second-order valence-electron chi connectivity index (χ2n) is 7.08. The van der Waals surface area contributed by atoms with Crippen LogP contribution in [0.25, 0.3) is 0 Å². The first-order valence-corrected chi connectivity index (χ1v) is 7.05. The summed E-state index contributed by atoms with van der Waals surface area (Å²) in [7, 11) is 0. The fourth-order valence-corrected chi connectivity index (χ4v) is 3.18. The molecule has 0 amide bonds. The minimum atomic E-state index is 0.254. The van der Waals surface area contributed by atoms with E-state index in [1.807, 2.05) is 0 Å². The zero-order chi connectivity index (χ0) is 12.8. The third kappa shape index (κ3) is 2.03. The third-order valence-electron chi connectivity index (χ3n) is 4.48. The molecule has 0 unspecified atom stereocenters. The first kappa shape index (κ1) is 12.0. The van der Waals surface area contributed by atoms with Gasteiger partial charge >= 0.3 is 0 Å². The summed E-state index contributed by atoms with van der Waals surface area (Å²) < 4.78 is 0. The van der Waals surface area contributed by atoms with Gasteiger partial charge in [-0.2, -0.15) is 0 Å². The van der Waals surface area contributed by atoms with E-state index in [0.717, 1.165) is 0 Å². The highest BCUT2D eigenvalue weighted by Gasteiger charge is 2.44. The van der Waals surface area contributed by atoms with Crippen LogP contribution in [0.2, 0.25) is 0 Å². The number of nitrogens with one attached hydrogen (secondary N) is 1. The van der Waals surface area contributed by atoms with E-state index in [1.165, 1.54) is 43.9 Å². The fraction of sp³-hybridized carbons (Fsp3) is 0.625. The Hall–Kier alpha value is -1.02. The van der Waals surface area contributed by atoms with Gasteiger partial charge in [-0.1, -0.05) is 32.9 Å². The summed E-state index contributed by atoms with van der Waals surface area (Å²) in [4.78, 5) is 2.51. The summed E-state index contributed by atoms with van der Waals surface area (Å²) in [6.45, 7) is 11.7. The second-order valence-corrected chi connectivity index (χ2v) is 7.08. The number of nitrogens with zero attached hydrogens (tertiary/aromatic N) is 1. The Morgan fingerprint density at radius 1 is 1.11 bits per heavy atom. The Kier molecular flexibility index (Phi) is 2.67. The van der Waals surface area contributed by atoms with Crippen LogP contribution >= 0.6 is 0 Å². The van der Waals surface area contributed by atoms with Gasteiger partial charge in [-0.05, 0) is 36.1 Å². The number of rotatable bonds is 1. The molecule has 2 heterocycles. The number of hydrogen-bond acceptors (Lipinski definition) is 2. The summed E-state index contributed by atoms with van der Waals surface area (Å²) in [6.07, 6.45) is 1.35. The molecule has 2 saturated heterocycles. The summed E-state index contributed by atoms with van der Waals surface area (Å²) in [5.74, 6) is 0. The van der Waals surface area contributed by atoms with Crippen LogP contribution in [0, 0.1) is 5.41 Å². The van der Waals surface area contributed by atoms with E-state index in [4.69, 9.17) is 0 Å². The standard InChI is InChI=1S/C16H24N2/c1-15(2,3)13-4-6-14(7-5-13)18-11-16(12-18)8-9-17-10-16/h4-7,17H,8-12H2,1-3H3. The first-order valence-electron chi connectivity index (χ1n) is 7.05. The summed E-state index contributed by atoms with van der Waals surface area (Å²) in [5, 5.41) is 3.49. The quantitative estimate of drug-likeness (QED) is 0.817. The summed E-state index contributed by atoms with van der Waals surface area (Å²) >= 11 is 0. The van der Waals surface area contributed by atoms with Crippen molar-refractivity contribution in [3.8, 4) is 0 Å². The van der Waals surface area contributed by atoms with Gasteiger partial charge in [0.2, 0.25) is 0 Å². The van der Waals surface area contributed by atoms with E-state index in [2.05, 4.69) is 55.3 Å². The fourth-order valence-electron chi connectivity index (χ4n) is 3.18. The van der Waals surface area contributed by atoms with Crippen molar-refractivity contribution in [2.24, 2.45) is 5.41 Å². The minimum absolute atomic E-state index is 0.254. The highest BCUT2D eigenvalue weighted by molar-refractivity contribution is 5.51. The van der Waals surface area contributed by atoms with Crippen LogP contribution in [0.5, 0.6) is 0 Å². The molecule has 0 saturated carbocycles. The molecule has 2 fully saturated rings. The van der Waals surface area contributed by atoms with Gasteiger partial charge in [0.05, 0.1) is 0 Å². The second kappa shape index (κ2) is 3.99. The molecule has 2 nitrogen and oxygen atoms in total. The summed E-state index contributed by atoms with van der Waals surface area (Å²) in [6, 6.07) is 9.14. The molecule has 0 aromatic heterocycles. The molecule has 0 aliphatic carbocycles. The van der Waals surface area contributed by atoms with Crippen molar-refractivity contribution in [1.82, 2.24) is 5.32 Å². The van der Waals surface area contributed by atoms with Crippen LogP contribution in [0.3, 0.4) is 0 Å². The lowest BCUT2D eigenvalue weighted by molar-refractivity contribution is 0.243. The first-order chi connectivity index (χ1) is 8.49. The lowest BCUT2D eigenvalue weighted by Gasteiger charge is -2.49. The normalized spacial score (nSPS) is 22.3. The maximum absolute atomic E-state index is 3.49. The van der Waals surface area contributed by atoms with Gasteiger partial charge < -0.3 is 10.2 Å². The predicted octanol–water partition coefficient (Wildman–Crippen LogP) is 2.78. The molecule has 2 aliphatic heterocycles. The Morgan fingerprint density at radius 2 is 1.78 bits per heavy atom. The smallest absolute Gasteiger partial charge is 0.0366 e. The SMILES string of the molecule is CC(C)(C)c1ccc(N2CC3(CCNC3)C2)cc1.